The van der Waals surface area contributed by atoms with Crippen LogP contribution in [0, 0.1) is 19.7 Å². The number of aliphatic imine (C=N–C) groups is 1. The molecule has 26 heavy (non-hydrogen) atoms. The number of nitrogens with zero attached hydrogens (tertiary/aromatic N) is 2. The summed E-state index contributed by atoms with van der Waals surface area (Å²) >= 11 is 1.57. The number of nitrogens with one attached hydrogen (secondary N) is 2. The van der Waals surface area contributed by atoms with E-state index in [0.717, 1.165) is 15.6 Å². The Bertz CT molecular complexity index is 755. The molecule has 144 valence electrons. The smallest absolute Gasteiger partial charge is 0.387 e. The van der Waals surface area contributed by atoms with Crippen LogP contribution in [0.2, 0.25) is 0 Å². The first-order valence-corrected chi connectivity index (χ1v) is 8.32. The van der Waals surface area contributed by atoms with E-state index in [4.69, 9.17) is 0 Å². The summed E-state index contributed by atoms with van der Waals surface area (Å²) in [5.74, 6) is -0.418. The molecule has 0 spiro atoms. The van der Waals surface area contributed by atoms with Crippen molar-refractivity contribution in [2.45, 2.75) is 33.5 Å². The van der Waals surface area contributed by atoms with Gasteiger partial charge in [-0.2, -0.15) is 8.78 Å². The summed E-state index contributed by atoms with van der Waals surface area (Å²) in [4.78, 5) is 9.45. The highest BCUT2D eigenvalue weighted by molar-refractivity contribution is 14.0. The molecule has 5 nitrogen and oxygen atoms in total. The number of aromatic nitrogens is 1. The number of ether oxygens (including phenoxy) is 1. The van der Waals surface area contributed by atoms with E-state index < -0.39 is 12.4 Å². The fourth-order valence-electron chi connectivity index (χ4n) is 2.21. The van der Waals surface area contributed by atoms with E-state index in [0.29, 0.717) is 12.5 Å². The minimum absolute atomic E-state index is 0. The van der Waals surface area contributed by atoms with Crippen molar-refractivity contribution in [3.8, 4) is 5.75 Å². The highest BCUT2D eigenvalue weighted by Gasteiger charge is 2.14. The fraction of sp³-hybridized carbons (Fsp3) is 0.375. The molecule has 0 fully saturated rings. The number of halogens is 4. The molecule has 0 amide bonds. The molecule has 0 saturated carbocycles. The molecule has 2 aromatic rings. The number of hydrogen-bond donors (Lipinski definition) is 2. The van der Waals surface area contributed by atoms with Crippen LogP contribution in [0.4, 0.5) is 13.2 Å². The normalized spacial score (nSPS) is 11.3. The first-order valence-electron chi connectivity index (χ1n) is 7.50. The van der Waals surface area contributed by atoms with Gasteiger partial charge in [0.2, 0.25) is 0 Å². The number of benzene rings is 1. The highest BCUT2D eigenvalue weighted by Crippen LogP contribution is 2.23. The summed E-state index contributed by atoms with van der Waals surface area (Å²) < 4.78 is 43.2. The molecule has 0 radical (unpaired) electrons. The molecule has 0 aliphatic heterocycles. The molecule has 1 aromatic carbocycles. The van der Waals surface area contributed by atoms with Gasteiger partial charge < -0.3 is 15.4 Å². The van der Waals surface area contributed by atoms with Gasteiger partial charge in [-0.15, -0.1) is 35.3 Å². The van der Waals surface area contributed by atoms with Crippen molar-refractivity contribution in [2.75, 3.05) is 7.05 Å². The molecule has 1 heterocycles. The summed E-state index contributed by atoms with van der Waals surface area (Å²) in [6.07, 6.45) is 0. The molecule has 10 heteroatoms. The largest absolute Gasteiger partial charge is 0.434 e. The molecular weight excluding hydrogens is 480 g/mol. The van der Waals surface area contributed by atoms with Crippen molar-refractivity contribution < 1.29 is 17.9 Å². The lowest BCUT2D eigenvalue weighted by Gasteiger charge is -2.15. The van der Waals surface area contributed by atoms with Crippen LogP contribution in [-0.2, 0) is 13.1 Å². The zero-order chi connectivity index (χ0) is 18.4. The second kappa shape index (κ2) is 10.6. The number of guanidine groups is 1. The van der Waals surface area contributed by atoms with Crippen LogP contribution in [-0.4, -0.2) is 24.6 Å². The molecule has 1 aromatic heterocycles. The summed E-state index contributed by atoms with van der Waals surface area (Å²) in [6, 6.07) is 3.80. The van der Waals surface area contributed by atoms with Gasteiger partial charge in [0.15, 0.2) is 5.96 Å². The SMILES string of the molecule is CN=C(NCc1sc(C)nc1C)NCc1c(F)cccc1OC(F)F.I. The van der Waals surface area contributed by atoms with E-state index in [2.05, 4.69) is 25.3 Å². The van der Waals surface area contributed by atoms with E-state index in [-0.39, 0.29) is 41.8 Å². The Hall–Kier alpha value is -1.56. The average molecular weight is 500 g/mol. The Morgan fingerprint density at radius 2 is 1.96 bits per heavy atom. The Balaban J connectivity index is 0.00000338. The van der Waals surface area contributed by atoms with Gasteiger partial charge in [-0.05, 0) is 26.0 Å². The minimum atomic E-state index is -3.02. The summed E-state index contributed by atoms with van der Waals surface area (Å²) in [6.45, 7) is 1.29. The molecule has 0 saturated heterocycles. The maximum Gasteiger partial charge on any atom is 0.387 e. The number of hydrogen-bond acceptors (Lipinski definition) is 4. The first kappa shape index (κ1) is 22.5. The molecule has 2 N–H and O–H groups in total. The lowest BCUT2D eigenvalue weighted by Crippen LogP contribution is -2.36. The maximum absolute atomic E-state index is 13.9. The predicted molar refractivity (Wildman–Crippen MR) is 107 cm³/mol. The van der Waals surface area contributed by atoms with Crippen molar-refractivity contribution in [2.24, 2.45) is 4.99 Å². The van der Waals surface area contributed by atoms with Crippen molar-refractivity contribution in [3.05, 3.63) is 45.2 Å². The highest BCUT2D eigenvalue weighted by atomic mass is 127. The summed E-state index contributed by atoms with van der Waals surface area (Å²) in [7, 11) is 1.57. The first-order chi connectivity index (χ1) is 11.9. The Labute approximate surface area is 171 Å². The van der Waals surface area contributed by atoms with Gasteiger partial charge in [-0.25, -0.2) is 9.37 Å². The molecule has 2 rings (SSSR count). The van der Waals surface area contributed by atoms with Crippen LogP contribution in [0.3, 0.4) is 0 Å². The lowest BCUT2D eigenvalue weighted by molar-refractivity contribution is -0.0506. The third-order valence-corrected chi connectivity index (χ3v) is 4.44. The van der Waals surface area contributed by atoms with Gasteiger partial charge in [0.25, 0.3) is 0 Å². The van der Waals surface area contributed by atoms with Crippen LogP contribution < -0.4 is 15.4 Å². The van der Waals surface area contributed by atoms with E-state index >= 15 is 0 Å². The van der Waals surface area contributed by atoms with Crippen LogP contribution in [0.15, 0.2) is 23.2 Å². The van der Waals surface area contributed by atoms with Crippen molar-refractivity contribution in [1.29, 1.82) is 0 Å². The van der Waals surface area contributed by atoms with Gasteiger partial charge in [0, 0.05) is 24.0 Å². The van der Waals surface area contributed by atoms with E-state index in [1.807, 2.05) is 13.8 Å². The van der Waals surface area contributed by atoms with Gasteiger partial charge in [0.1, 0.15) is 11.6 Å². The second-order valence-electron chi connectivity index (χ2n) is 5.12. The van der Waals surface area contributed by atoms with Crippen LogP contribution in [0.25, 0.3) is 0 Å². The van der Waals surface area contributed by atoms with Crippen LogP contribution in [0.5, 0.6) is 5.75 Å². The fourth-order valence-corrected chi connectivity index (χ4v) is 3.09. The third kappa shape index (κ3) is 6.31. The van der Waals surface area contributed by atoms with E-state index in [1.54, 1.807) is 18.4 Å². The molecule has 0 aliphatic rings. The topological polar surface area (TPSA) is 58.5 Å². The number of aryl methyl sites for hydroxylation is 2. The lowest BCUT2D eigenvalue weighted by atomic mass is 10.2. The molecular formula is C16H20F3IN4OS. The van der Waals surface area contributed by atoms with Crippen molar-refractivity contribution >= 4 is 41.3 Å². The molecule has 0 aliphatic carbocycles. The zero-order valence-corrected chi connectivity index (χ0v) is 17.6. The van der Waals surface area contributed by atoms with Crippen LogP contribution >= 0.6 is 35.3 Å². The number of alkyl halides is 2. The number of thiazole rings is 1. The monoisotopic (exact) mass is 500 g/mol. The molecule has 0 atom stereocenters. The average Bonchev–Trinajstić information content (AvgIpc) is 2.86. The summed E-state index contributed by atoms with van der Waals surface area (Å²) in [5.41, 5.74) is 0.947. The predicted octanol–water partition coefficient (Wildman–Crippen LogP) is 3.98. The Morgan fingerprint density at radius 3 is 2.54 bits per heavy atom. The van der Waals surface area contributed by atoms with Gasteiger partial charge in [-0.3, -0.25) is 4.99 Å². The molecule has 0 unspecified atom stereocenters. The second-order valence-corrected chi connectivity index (χ2v) is 6.40. The van der Waals surface area contributed by atoms with Crippen molar-refractivity contribution in [3.63, 3.8) is 0 Å². The molecule has 0 bridgehead atoms. The van der Waals surface area contributed by atoms with E-state index in [9.17, 15) is 13.2 Å². The number of rotatable bonds is 6. The maximum atomic E-state index is 13.9. The van der Waals surface area contributed by atoms with Gasteiger partial charge in [-0.1, -0.05) is 6.07 Å². The Kier molecular flexibility index (Phi) is 9.13. The van der Waals surface area contributed by atoms with Gasteiger partial charge >= 0.3 is 6.61 Å². The summed E-state index contributed by atoms with van der Waals surface area (Å²) in [5, 5.41) is 6.95. The quantitative estimate of drug-likeness (QED) is 0.358. The minimum Gasteiger partial charge on any atom is -0.434 e. The zero-order valence-electron chi connectivity index (χ0n) is 14.5. The third-order valence-electron chi connectivity index (χ3n) is 3.36. The standard InChI is InChI=1S/C16H19F3N4OS.HI/c1-9-14(25-10(2)23-9)8-22-16(20-3)21-7-11-12(17)5-4-6-13(11)24-15(18)19;/h4-6,15H,7-8H2,1-3H3,(H2,20,21,22);1H. The van der Waals surface area contributed by atoms with Crippen LogP contribution in [0.1, 0.15) is 21.1 Å². The van der Waals surface area contributed by atoms with Crippen molar-refractivity contribution in [1.82, 2.24) is 15.6 Å². The van der Waals surface area contributed by atoms with E-state index in [1.165, 1.54) is 18.2 Å². The van der Waals surface area contributed by atoms with Gasteiger partial charge in [0.05, 0.1) is 17.2 Å². The Morgan fingerprint density at radius 1 is 1.27 bits per heavy atom.